The highest BCUT2D eigenvalue weighted by atomic mass is 15.3. The van der Waals surface area contributed by atoms with Crippen molar-refractivity contribution in [3.8, 4) is 22.3 Å². The first-order valence-electron chi connectivity index (χ1n) is 20.0. The summed E-state index contributed by atoms with van der Waals surface area (Å²) in [5.74, 6) is 3.79. The molecule has 57 heavy (non-hydrogen) atoms. The van der Waals surface area contributed by atoms with Gasteiger partial charge in [-0.2, -0.15) is 0 Å². The summed E-state index contributed by atoms with van der Waals surface area (Å²) >= 11 is 0. The third kappa shape index (κ3) is 4.04. The second-order valence-corrected chi connectivity index (χ2v) is 17.0. The van der Waals surface area contributed by atoms with Gasteiger partial charge >= 0.3 is 0 Å². The molecule has 6 heterocycles. The van der Waals surface area contributed by atoms with Crippen molar-refractivity contribution in [3.63, 3.8) is 0 Å². The third-order valence-corrected chi connectivity index (χ3v) is 13.5. The molecule has 0 radical (unpaired) electrons. The maximum atomic E-state index is 5.23. The van der Waals surface area contributed by atoms with Crippen molar-refractivity contribution in [2.45, 2.75) is 50.4 Å². The lowest BCUT2D eigenvalue weighted by molar-refractivity contribution is 0.623. The van der Waals surface area contributed by atoms with E-state index >= 15 is 0 Å². The Morgan fingerprint density at radius 2 is 0.912 bits per heavy atom. The molecule has 12 rings (SSSR count). The van der Waals surface area contributed by atoms with Gasteiger partial charge in [-0.05, 0) is 93.4 Å². The topological polar surface area (TPSA) is 57.5 Å². The van der Waals surface area contributed by atoms with E-state index in [2.05, 4.69) is 153 Å². The van der Waals surface area contributed by atoms with Crippen molar-refractivity contribution in [1.82, 2.24) is 15.0 Å². The number of amidine groups is 1. The van der Waals surface area contributed by atoms with Crippen LogP contribution < -0.4 is 9.80 Å². The normalized spacial score (nSPS) is 17.9. The summed E-state index contributed by atoms with van der Waals surface area (Å²) in [7, 11) is 0. The zero-order chi connectivity index (χ0) is 38.3. The van der Waals surface area contributed by atoms with Crippen LogP contribution in [0.2, 0.25) is 0 Å². The van der Waals surface area contributed by atoms with Gasteiger partial charge in [-0.1, -0.05) is 113 Å². The van der Waals surface area contributed by atoms with Crippen LogP contribution in [-0.2, 0) is 16.2 Å². The van der Waals surface area contributed by atoms with Crippen LogP contribution >= 0.6 is 0 Å². The lowest BCUT2D eigenvalue weighted by Crippen LogP contribution is -2.43. The second kappa shape index (κ2) is 11.2. The van der Waals surface area contributed by atoms with Gasteiger partial charge in [0.25, 0.3) is 0 Å². The predicted octanol–water partition coefficient (Wildman–Crippen LogP) is 11.5. The lowest BCUT2D eigenvalue weighted by atomic mass is 9.70. The molecule has 0 fully saturated rings. The molecular weight excluding hydrogens is 697 g/mol. The molecule has 5 aliphatic rings. The number of aromatic nitrogens is 3. The molecule has 6 heteroatoms. The largest absolute Gasteiger partial charge is 0.279 e. The van der Waals surface area contributed by atoms with Gasteiger partial charge in [-0.15, -0.1) is 0 Å². The average Bonchev–Trinajstić information content (AvgIpc) is 3.71. The lowest BCUT2D eigenvalue weighted by Gasteiger charge is -2.43. The standard InChI is InChI=1S/C51H40N6/c1-49(2)39-17-9-25-52-45(39)56(46-40(49)18-10-26-53-46)31-21-23-35-36-24-22-32(57-47-41(19-11-27-54-47)50(3,4)42-20-12-28-55-48(42)57)30-44(36)51(43(35)29-31)37-15-7-5-13-33(37)34-14-6-8-16-38(34)51/h5-11,13-27,29-30H,12,28H2,1-4H3. The molecule has 274 valence electrons. The number of anilines is 5. The molecule has 1 spiro atoms. The molecule has 3 aromatic heterocycles. The molecule has 2 aliphatic carbocycles. The van der Waals surface area contributed by atoms with Gasteiger partial charge in [0.05, 0.1) is 5.41 Å². The Morgan fingerprint density at radius 3 is 1.47 bits per heavy atom. The number of aliphatic imine (C=N–C) groups is 1. The van der Waals surface area contributed by atoms with E-state index < -0.39 is 5.41 Å². The predicted molar refractivity (Wildman–Crippen MR) is 230 cm³/mol. The molecule has 0 unspecified atom stereocenters. The first kappa shape index (κ1) is 32.6. The molecule has 6 nitrogen and oxygen atoms in total. The van der Waals surface area contributed by atoms with Gasteiger partial charge < -0.3 is 0 Å². The Bertz CT molecular complexity index is 2860. The Labute approximate surface area is 333 Å². The molecule has 0 saturated heterocycles. The van der Waals surface area contributed by atoms with Crippen LogP contribution in [0.25, 0.3) is 22.3 Å². The average molecular weight is 737 g/mol. The first-order chi connectivity index (χ1) is 27.8. The van der Waals surface area contributed by atoms with Crippen LogP contribution in [-0.4, -0.2) is 27.3 Å². The van der Waals surface area contributed by atoms with Gasteiger partial charge in [0.1, 0.15) is 23.3 Å². The van der Waals surface area contributed by atoms with E-state index in [-0.39, 0.29) is 10.8 Å². The zero-order valence-corrected chi connectivity index (χ0v) is 32.5. The van der Waals surface area contributed by atoms with Crippen molar-refractivity contribution in [3.05, 3.63) is 191 Å². The Hall–Kier alpha value is -6.66. The van der Waals surface area contributed by atoms with Crippen LogP contribution in [0.5, 0.6) is 0 Å². The maximum Gasteiger partial charge on any atom is 0.142 e. The van der Waals surface area contributed by atoms with Crippen LogP contribution in [0.4, 0.5) is 28.8 Å². The van der Waals surface area contributed by atoms with Gasteiger partial charge in [0.2, 0.25) is 0 Å². The third-order valence-electron chi connectivity index (χ3n) is 13.5. The van der Waals surface area contributed by atoms with Crippen molar-refractivity contribution in [1.29, 1.82) is 0 Å². The summed E-state index contributed by atoms with van der Waals surface area (Å²) < 4.78 is 0. The van der Waals surface area contributed by atoms with E-state index in [4.69, 9.17) is 19.9 Å². The highest BCUT2D eigenvalue weighted by molar-refractivity contribution is 6.18. The highest BCUT2D eigenvalue weighted by Gasteiger charge is 2.53. The molecule has 3 aliphatic heterocycles. The fourth-order valence-electron chi connectivity index (χ4n) is 10.8. The van der Waals surface area contributed by atoms with E-state index in [1.54, 1.807) is 0 Å². The number of pyridine rings is 3. The van der Waals surface area contributed by atoms with Crippen molar-refractivity contribution in [2.24, 2.45) is 4.99 Å². The van der Waals surface area contributed by atoms with Crippen molar-refractivity contribution in [2.75, 3.05) is 16.3 Å². The van der Waals surface area contributed by atoms with Crippen molar-refractivity contribution >= 4 is 34.7 Å². The number of fused-ring (bicyclic) bond motifs is 14. The van der Waals surface area contributed by atoms with E-state index in [1.165, 1.54) is 66.8 Å². The van der Waals surface area contributed by atoms with E-state index in [0.717, 1.165) is 47.6 Å². The van der Waals surface area contributed by atoms with Crippen molar-refractivity contribution < 1.29 is 0 Å². The highest BCUT2D eigenvalue weighted by Crippen LogP contribution is 2.64. The summed E-state index contributed by atoms with van der Waals surface area (Å²) in [5, 5.41) is 0. The van der Waals surface area contributed by atoms with E-state index in [1.807, 2.05) is 30.7 Å². The molecule has 0 bridgehead atoms. The number of rotatable bonds is 2. The smallest absolute Gasteiger partial charge is 0.142 e. The Morgan fingerprint density at radius 1 is 0.456 bits per heavy atom. The zero-order valence-electron chi connectivity index (χ0n) is 32.5. The fourth-order valence-corrected chi connectivity index (χ4v) is 10.8. The van der Waals surface area contributed by atoms with Crippen LogP contribution in [0, 0.1) is 0 Å². The minimum atomic E-state index is -0.576. The summed E-state index contributed by atoms with van der Waals surface area (Å²) in [4.78, 5) is 25.0. The molecule has 7 aromatic rings. The minimum Gasteiger partial charge on any atom is -0.279 e. The monoisotopic (exact) mass is 736 g/mol. The van der Waals surface area contributed by atoms with Gasteiger partial charge in [-0.25, -0.2) is 15.0 Å². The summed E-state index contributed by atoms with van der Waals surface area (Å²) in [6.07, 6.45) is 9.05. The van der Waals surface area contributed by atoms with Gasteiger partial charge in [0.15, 0.2) is 0 Å². The van der Waals surface area contributed by atoms with Crippen LogP contribution in [0.3, 0.4) is 0 Å². The molecule has 0 amide bonds. The number of dihydropyridines is 1. The molecule has 0 atom stereocenters. The fraction of sp³-hybridized carbons (Fsp3) is 0.176. The molecule has 0 saturated carbocycles. The quantitative estimate of drug-likeness (QED) is 0.177. The van der Waals surface area contributed by atoms with Gasteiger partial charge in [0, 0.05) is 69.6 Å². The van der Waals surface area contributed by atoms with E-state index in [0.29, 0.717) is 0 Å². The number of nitrogens with zero attached hydrogens (tertiary/aromatic N) is 6. The number of hydrogen-bond donors (Lipinski definition) is 0. The van der Waals surface area contributed by atoms with Gasteiger partial charge in [-0.3, -0.25) is 14.8 Å². The Balaban J connectivity index is 1.13. The molecule has 4 aromatic carbocycles. The van der Waals surface area contributed by atoms with Crippen LogP contribution in [0.15, 0.2) is 157 Å². The maximum absolute atomic E-state index is 5.23. The number of hydrogen-bond acceptors (Lipinski definition) is 6. The Kier molecular flexibility index (Phi) is 6.42. The van der Waals surface area contributed by atoms with Crippen LogP contribution in [0.1, 0.15) is 73.1 Å². The summed E-state index contributed by atoms with van der Waals surface area (Å²) in [5.41, 5.74) is 16.1. The summed E-state index contributed by atoms with van der Waals surface area (Å²) in [6, 6.07) is 44.9. The van der Waals surface area contributed by atoms with E-state index in [9.17, 15) is 0 Å². The summed E-state index contributed by atoms with van der Waals surface area (Å²) in [6.45, 7) is 9.93. The molecular formula is C51H40N6. The number of benzene rings is 4. The molecule has 0 N–H and O–H groups in total. The second-order valence-electron chi connectivity index (χ2n) is 17.0. The first-order valence-corrected chi connectivity index (χ1v) is 20.0. The minimum absolute atomic E-state index is 0.210. The SMILES string of the molecule is CC1(C)C2=CCCN=C2N(c2ccc3c(c2)C2(c4ccccc4-c4ccccc42)c2cc(N4c5ncccc5C(C)(C)c5cccnc54)ccc2-3)c2ncccc21.